The molecule has 1 unspecified atom stereocenters. The third-order valence-corrected chi connectivity index (χ3v) is 3.95. The summed E-state index contributed by atoms with van der Waals surface area (Å²) in [5.74, 6) is -1.01. The van der Waals surface area contributed by atoms with Gasteiger partial charge in [-0.05, 0) is 55.4 Å². The van der Waals surface area contributed by atoms with Gasteiger partial charge in [-0.15, -0.1) is 0 Å². The fourth-order valence-corrected chi connectivity index (χ4v) is 2.93. The van der Waals surface area contributed by atoms with Crippen LogP contribution in [0.1, 0.15) is 43.7 Å². The zero-order valence-corrected chi connectivity index (χ0v) is 11.9. The molecule has 1 aromatic carbocycles. The molecule has 2 N–H and O–H groups in total. The largest absolute Gasteiger partial charge is 0.480 e. The van der Waals surface area contributed by atoms with E-state index in [2.05, 4.69) is 5.32 Å². The summed E-state index contributed by atoms with van der Waals surface area (Å²) in [5, 5.41) is 12.5. The number of fused-ring (bicyclic) bond motifs is 1. The molecule has 0 saturated heterocycles. The van der Waals surface area contributed by atoms with E-state index in [0.717, 1.165) is 31.2 Å². The van der Waals surface area contributed by atoms with Crippen molar-refractivity contribution in [1.82, 2.24) is 5.32 Å². The zero-order valence-electron chi connectivity index (χ0n) is 11.9. The molecule has 1 aliphatic rings. The van der Waals surface area contributed by atoms with E-state index in [1.807, 2.05) is 13.0 Å². The lowest BCUT2D eigenvalue weighted by Crippen LogP contribution is -2.44. The summed E-state index contributed by atoms with van der Waals surface area (Å²) in [6.45, 7) is 1.98. The van der Waals surface area contributed by atoms with Gasteiger partial charge < -0.3 is 10.4 Å². The van der Waals surface area contributed by atoms with Gasteiger partial charge in [0.05, 0.1) is 0 Å². The molecule has 3 nitrogen and oxygen atoms in total. The molecule has 0 heterocycles. The Bertz CT molecular complexity index is 476. The molecule has 4 heteroatoms. The second-order valence-electron chi connectivity index (χ2n) is 5.55. The lowest BCUT2D eigenvalue weighted by molar-refractivity contribution is -0.139. The summed E-state index contributed by atoms with van der Waals surface area (Å²) in [4.78, 5) is 11.2. The van der Waals surface area contributed by atoms with Crippen LogP contribution in [0, 0.1) is 5.82 Å². The van der Waals surface area contributed by atoms with Crippen LogP contribution < -0.4 is 5.32 Å². The Labute approximate surface area is 119 Å². The van der Waals surface area contributed by atoms with Gasteiger partial charge in [-0.2, -0.15) is 0 Å². The van der Waals surface area contributed by atoms with Crippen LogP contribution in [0.4, 0.5) is 4.39 Å². The highest BCUT2D eigenvalue weighted by Crippen LogP contribution is 2.22. The fourth-order valence-electron chi connectivity index (χ4n) is 2.93. The van der Waals surface area contributed by atoms with Gasteiger partial charge in [0, 0.05) is 6.04 Å². The third kappa shape index (κ3) is 3.79. The Kier molecular flexibility index (Phi) is 5.12. The maximum atomic E-state index is 13.4. The number of carbonyl (C=O) groups is 1. The number of benzene rings is 1. The quantitative estimate of drug-likeness (QED) is 0.815. The lowest BCUT2D eigenvalue weighted by atomic mass is 10.0. The summed E-state index contributed by atoms with van der Waals surface area (Å²) in [7, 11) is 0. The highest BCUT2D eigenvalue weighted by Gasteiger charge is 2.23. The molecule has 110 valence electrons. The van der Waals surface area contributed by atoms with Crippen LogP contribution in [0.3, 0.4) is 0 Å². The molecule has 2 rings (SSSR count). The standard InChI is InChI=1S/C16H22FNO2/c1-2-4-15(16(19)20)18-14-6-3-5-11-7-8-13(17)9-12(11)10-14/h7-9,14-15,18H,2-6,10H2,1H3,(H,19,20)/t14-,15?/m0/s1. The average Bonchev–Trinajstić information content (AvgIpc) is 2.59. The van der Waals surface area contributed by atoms with E-state index in [1.54, 1.807) is 6.07 Å². The molecular weight excluding hydrogens is 257 g/mol. The van der Waals surface area contributed by atoms with Gasteiger partial charge in [0.1, 0.15) is 11.9 Å². The highest BCUT2D eigenvalue weighted by atomic mass is 19.1. The maximum absolute atomic E-state index is 13.4. The van der Waals surface area contributed by atoms with Crippen molar-refractivity contribution in [3.05, 3.63) is 35.1 Å². The van der Waals surface area contributed by atoms with E-state index < -0.39 is 12.0 Å². The van der Waals surface area contributed by atoms with Crippen LogP contribution in [-0.2, 0) is 17.6 Å². The van der Waals surface area contributed by atoms with Crippen molar-refractivity contribution in [3.63, 3.8) is 0 Å². The van der Waals surface area contributed by atoms with Crippen molar-refractivity contribution < 1.29 is 14.3 Å². The lowest BCUT2D eigenvalue weighted by Gasteiger charge is -2.22. The predicted octanol–water partition coefficient (Wildman–Crippen LogP) is 2.92. The molecule has 1 aliphatic carbocycles. The van der Waals surface area contributed by atoms with E-state index in [0.29, 0.717) is 12.8 Å². The molecule has 0 spiro atoms. The Morgan fingerprint density at radius 1 is 1.50 bits per heavy atom. The minimum atomic E-state index is -0.796. The Morgan fingerprint density at radius 2 is 2.30 bits per heavy atom. The number of hydrogen-bond donors (Lipinski definition) is 2. The van der Waals surface area contributed by atoms with Crippen LogP contribution in [0.25, 0.3) is 0 Å². The Morgan fingerprint density at radius 3 is 3.00 bits per heavy atom. The van der Waals surface area contributed by atoms with Gasteiger partial charge in [-0.1, -0.05) is 19.4 Å². The molecule has 0 amide bonds. The van der Waals surface area contributed by atoms with E-state index in [1.165, 1.54) is 11.6 Å². The van der Waals surface area contributed by atoms with Crippen molar-refractivity contribution in [2.45, 2.75) is 57.5 Å². The number of aliphatic carboxylic acids is 1. The first-order valence-electron chi connectivity index (χ1n) is 7.36. The molecule has 0 bridgehead atoms. The molecular formula is C16H22FNO2. The van der Waals surface area contributed by atoms with Gasteiger partial charge >= 0.3 is 5.97 Å². The number of aryl methyl sites for hydroxylation is 1. The summed E-state index contributed by atoms with van der Waals surface area (Å²) in [5.41, 5.74) is 2.21. The first-order chi connectivity index (χ1) is 9.60. The molecule has 0 radical (unpaired) electrons. The van der Waals surface area contributed by atoms with Crippen LogP contribution in [0.2, 0.25) is 0 Å². The van der Waals surface area contributed by atoms with Crippen molar-refractivity contribution >= 4 is 5.97 Å². The van der Waals surface area contributed by atoms with Gasteiger partial charge in [0.25, 0.3) is 0 Å². The Balaban J connectivity index is 2.08. The molecule has 0 aliphatic heterocycles. The van der Waals surface area contributed by atoms with Crippen molar-refractivity contribution in [3.8, 4) is 0 Å². The van der Waals surface area contributed by atoms with Crippen molar-refractivity contribution in [2.75, 3.05) is 0 Å². The second-order valence-corrected chi connectivity index (χ2v) is 5.55. The van der Waals surface area contributed by atoms with Crippen LogP contribution >= 0.6 is 0 Å². The number of nitrogens with one attached hydrogen (secondary N) is 1. The maximum Gasteiger partial charge on any atom is 0.320 e. The van der Waals surface area contributed by atoms with Crippen LogP contribution in [0.15, 0.2) is 18.2 Å². The Hall–Kier alpha value is -1.42. The topological polar surface area (TPSA) is 49.3 Å². The fraction of sp³-hybridized carbons (Fsp3) is 0.562. The van der Waals surface area contributed by atoms with Crippen molar-refractivity contribution in [1.29, 1.82) is 0 Å². The molecule has 0 aromatic heterocycles. The SMILES string of the molecule is CCCC(N[C@H]1CCCc2ccc(F)cc2C1)C(=O)O. The summed E-state index contributed by atoms with van der Waals surface area (Å²) >= 11 is 0. The highest BCUT2D eigenvalue weighted by molar-refractivity contribution is 5.73. The molecule has 20 heavy (non-hydrogen) atoms. The van der Waals surface area contributed by atoms with E-state index >= 15 is 0 Å². The average molecular weight is 279 g/mol. The van der Waals surface area contributed by atoms with E-state index in [-0.39, 0.29) is 11.9 Å². The summed E-state index contributed by atoms with van der Waals surface area (Å²) < 4.78 is 13.4. The summed E-state index contributed by atoms with van der Waals surface area (Å²) in [6, 6.07) is 4.56. The molecule has 2 atom stereocenters. The molecule has 0 saturated carbocycles. The predicted molar refractivity (Wildman–Crippen MR) is 76.3 cm³/mol. The van der Waals surface area contributed by atoms with Gasteiger partial charge in [-0.3, -0.25) is 4.79 Å². The van der Waals surface area contributed by atoms with Gasteiger partial charge in [-0.25, -0.2) is 4.39 Å². The first kappa shape index (κ1) is 15.0. The van der Waals surface area contributed by atoms with Gasteiger partial charge in [0.15, 0.2) is 0 Å². The van der Waals surface area contributed by atoms with Crippen LogP contribution in [0.5, 0.6) is 0 Å². The van der Waals surface area contributed by atoms with E-state index in [9.17, 15) is 14.3 Å². The monoisotopic (exact) mass is 279 g/mol. The molecule has 1 aromatic rings. The van der Waals surface area contributed by atoms with Gasteiger partial charge in [0.2, 0.25) is 0 Å². The van der Waals surface area contributed by atoms with E-state index in [4.69, 9.17) is 0 Å². The first-order valence-corrected chi connectivity index (χ1v) is 7.36. The third-order valence-electron chi connectivity index (χ3n) is 3.95. The smallest absolute Gasteiger partial charge is 0.320 e. The normalized spacial score (nSPS) is 20.0. The summed E-state index contributed by atoms with van der Waals surface area (Å²) in [6.07, 6.45) is 5.06. The number of halogens is 1. The zero-order chi connectivity index (χ0) is 14.5. The molecule has 0 fully saturated rings. The number of carboxylic acid groups (broad SMARTS) is 1. The minimum Gasteiger partial charge on any atom is -0.480 e. The second kappa shape index (κ2) is 6.84. The number of rotatable bonds is 5. The number of carboxylic acids is 1. The van der Waals surface area contributed by atoms with Crippen LogP contribution in [-0.4, -0.2) is 23.2 Å². The van der Waals surface area contributed by atoms with Crippen molar-refractivity contribution in [2.24, 2.45) is 0 Å². The minimum absolute atomic E-state index is 0.116. The number of hydrogen-bond acceptors (Lipinski definition) is 2.